The lowest BCUT2D eigenvalue weighted by atomic mass is 10.0. The second-order valence-electron chi connectivity index (χ2n) is 3.80. The van der Waals surface area contributed by atoms with Gasteiger partial charge in [-0.3, -0.25) is 0 Å². The van der Waals surface area contributed by atoms with Gasteiger partial charge in [-0.15, -0.1) is 0 Å². The van der Waals surface area contributed by atoms with E-state index in [1.165, 1.54) is 14.2 Å². The monoisotopic (exact) mass is 282 g/mol. The van der Waals surface area contributed by atoms with E-state index < -0.39 is 16.8 Å². The van der Waals surface area contributed by atoms with E-state index >= 15 is 0 Å². The van der Waals surface area contributed by atoms with Crippen LogP contribution in [0.15, 0.2) is 36.4 Å². The maximum atomic E-state index is 11.6. The fourth-order valence-electron chi connectivity index (χ4n) is 1.50. The molecule has 0 bridgehead atoms. The van der Waals surface area contributed by atoms with E-state index in [2.05, 4.69) is 9.47 Å². The molecule has 0 spiro atoms. The molecule has 102 valence electrons. The van der Waals surface area contributed by atoms with Crippen LogP contribution in [-0.4, -0.2) is 31.0 Å². The Morgan fingerprint density at radius 2 is 1.68 bits per heavy atom. The standard InChI is InChI=1S/C14H15ClO4/c1-18-12(16)14(15,13(17)19-2)10-6-9-11-7-4-3-5-8-11/h3-9H,10H2,1-2H3/b9-6+. The van der Waals surface area contributed by atoms with Gasteiger partial charge in [0, 0.05) is 6.42 Å². The molecule has 19 heavy (non-hydrogen) atoms. The molecule has 0 atom stereocenters. The number of esters is 2. The minimum atomic E-state index is -1.84. The van der Waals surface area contributed by atoms with Crippen molar-refractivity contribution in [1.82, 2.24) is 0 Å². The Bertz CT molecular complexity index is 452. The first-order valence-corrected chi connectivity index (χ1v) is 5.99. The Kier molecular flexibility index (Phi) is 5.57. The van der Waals surface area contributed by atoms with Gasteiger partial charge in [0.25, 0.3) is 0 Å². The van der Waals surface area contributed by atoms with Crippen LogP contribution in [0, 0.1) is 0 Å². The van der Waals surface area contributed by atoms with Gasteiger partial charge in [0.2, 0.25) is 4.87 Å². The number of benzene rings is 1. The molecule has 0 unspecified atom stereocenters. The molecule has 0 aliphatic rings. The number of alkyl halides is 1. The lowest BCUT2D eigenvalue weighted by Gasteiger charge is -2.19. The number of rotatable bonds is 5. The molecule has 0 N–H and O–H groups in total. The molecule has 0 amide bonds. The summed E-state index contributed by atoms with van der Waals surface area (Å²) in [4.78, 5) is 21.3. The molecule has 1 aromatic rings. The van der Waals surface area contributed by atoms with Gasteiger partial charge in [0.1, 0.15) is 0 Å². The Morgan fingerprint density at radius 3 is 2.16 bits per heavy atom. The lowest BCUT2D eigenvalue weighted by Crippen LogP contribution is -2.42. The molecule has 0 fully saturated rings. The third kappa shape index (κ3) is 3.83. The molecule has 0 radical (unpaired) electrons. The van der Waals surface area contributed by atoms with Crippen molar-refractivity contribution in [2.45, 2.75) is 11.3 Å². The van der Waals surface area contributed by atoms with Gasteiger partial charge < -0.3 is 9.47 Å². The van der Waals surface area contributed by atoms with Gasteiger partial charge >= 0.3 is 11.9 Å². The SMILES string of the molecule is COC(=O)C(Cl)(C/C=C/c1ccccc1)C(=O)OC. The predicted molar refractivity (Wildman–Crippen MR) is 72.7 cm³/mol. The van der Waals surface area contributed by atoms with Crippen molar-refractivity contribution in [1.29, 1.82) is 0 Å². The van der Waals surface area contributed by atoms with E-state index in [9.17, 15) is 9.59 Å². The van der Waals surface area contributed by atoms with Crippen LogP contribution in [0.2, 0.25) is 0 Å². The van der Waals surface area contributed by atoms with Crippen LogP contribution in [0.25, 0.3) is 6.08 Å². The van der Waals surface area contributed by atoms with Gasteiger partial charge in [0.15, 0.2) is 0 Å². The third-order valence-corrected chi connectivity index (χ3v) is 2.99. The van der Waals surface area contributed by atoms with Gasteiger partial charge in [-0.2, -0.15) is 0 Å². The van der Waals surface area contributed by atoms with Crippen LogP contribution in [0.1, 0.15) is 12.0 Å². The average molecular weight is 283 g/mol. The van der Waals surface area contributed by atoms with E-state index in [1.54, 1.807) is 12.2 Å². The van der Waals surface area contributed by atoms with Crippen LogP contribution in [0.4, 0.5) is 0 Å². The van der Waals surface area contributed by atoms with E-state index in [4.69, 9.17) is 11.6 Å². The Morgan fingerprint density at radius 1 is 1.16 bits per heavy atom. The predicted octanol–water partition coefficient (Wildman–Crippen LogP) is 2.41. The first-order chi connectivity index (χ1) is 9.04. The van der Waals surface area contributed by atoms with Gasteiger partial charge in [0.05, 0.1) is 14.2 Å². The van der Waals surface area contributed by atoms with Gasteiger partial charge in [-0.25, -0.2) is 9.59 Å². The smallest absolute Gasteiger partial charge is 0.338 e. The van der Waals surface area contributed by atoms with Crippen molar-refractivity contribution in [3.63, 3.8) is 0 Å². The molecule has 0 saturated heterocycles. The third-order valence-electron chi connectivity index (χ3n) is 2.53. The zero-order chi connectivity index (χ0) is 14.3. The van der Waals surface area contributed by atoms with Crippen LogP contribution in [0.3, 0.4) is 0 Å². The number of carbonyl (C=O) groups excluding carboxylic acids is 2. The number of hydrogen-bond donors (Lipinski definition) is 0. The van der Waals surface area contributed by atoms with Crippen molar-refractivity contribution in [2.24, 2.45) is 0 Å². The maximum absolute atomic E-state index is 11.6. The summed E-state index contributed by atoms with van der Waals surface area (Å²) in [6.45, 7) is 0. The quantitative estimate of drug-likeness (QED) is 0.473. The molecule has 0 aromatic heterocycles. The summed E-state index contributed by atoms with van der Waals surface area (Å²) in [5.74, 6) is -1.67. The summed E-state index contributed by atoms with van der Waals surface area (Å²) in [7, 11) is 2.34. The second kappa shape index (κ2) is 6.95. The van der Waals surface area contributed by atoms with Crippen LogP contribution >= 0.6 is 11.6 Å². The minimum Gasteiger partial charge on any atom is -0.467 e. The lowest BCUT2D eigenvalue weighted by molar-refractivity contribution is -0.156. The topological polar surface area (TPSA) is 52.6 Å². The highest BCUT2D eigenvalue weighted by Gasteiger charge is 2.45. The van der Waals surface area contributed by atoms with Crippen molar-refractivity contribution < 1.29 is 19.1 Å². The fraction of sp³-hybridized carbons (Fsp3) is 0.286. The van der Waals surface area contributed by atoms with Gasteiger partial charge in [-0.1, -0.05) is 54.1 Å². The summed E-state index contributed by atoms with van der Waals surface area (Å²) < 4.78 is 9.07. The zero-order valence-electron chi connectivity index (χ0n) is 10.8. The summed E-state index contributed by atoms with van der Waals surface area (Å²) in [6, 6.07) is 9.44. The molecule has 0 aliphatic heterocycles. The highest BCUT2D eigenvalue weighted by molar-refractivity contribution is 6.44. The largest absolute Gasteiger partial charge is 0.467 e. The number of halogens is 1. The molecule has 5 heteroatoms. The zero-order valence-corrected chi connectivity index (χ0v) is 11.5. The Hall–Kier alpha value is -1.81. The normalized spacial score (nSPS) is 11.3. The second-order valence-corrected chi connectivity index (χ2v) is 4.45. The van der Waals surface area contributed by atoms with Crippen molar-refractivity contribution in [3.05, 3.63) is 42.0 Å². The number of hydrogen-bond acceptors (Lipinski definition) is 4. The van der Waals surface area contributed by atoms with Crippen molar-refractivity contribution in [2.75, 3.05) is 14.2 Å². The van der Waals surface area contributed by atoms with Gasteiger partial charge in [-0.05, 0) is 5.56 Å². The van der Waals surface area contributed by atoms with Crippen molar-refractivity contribution in [3.8, 4) is 0 Å². The highest BCUT2D eigenvalue weighted by Crippen LogP contribution is 2.24. The molecule has 0 heterocycles. The summed E-state index contributed by atoms with van der Waals surface area (Å²) in [5, 5.41) is 0. The first-order valence-electron chi connectivity index (χ1n) is 5.62. The molecule has 4 nitrogen and oxygen atoms in total. The van der Waals surface area contributed by atoms with Crippen molar-refractivity contribution >= 4 is 29.6 Å². The fourth-order valence-corrected chi connectivity index (χ4v) is 1.74. The maximum Gasteiger partial charge on any atom is 0.338 e. The molecule has 1 rings (SSSR count). The highest BCUT2D eigenvalue weighted by atomic mass is 35.5. The number of methoxy groups -OCH3 is 2. The molecular weight excluding hydrogens is 268 g/mol. The Balaban J connectivity index is 2.82. The first kappa shape index (κ1) is 15.2. The van der Waals surface area contributed by atoms with E-state index in [0.29, 0.717) is 0 Å². The van der Waals surface area contributed by atoms with Crippen LogP contribution in [-0.2, 0) is 19.1 Å². The molecule has 0 aliphatic carbocycles. The molecule has 0 saturated carbocycles. The molecule has 1 aromatic carbocycles. The summed E-state index contributed by atoms with van der Waals surface area (Å²) >= 11 is 6.01. The number of allylic oxidation sites excluding steroid dienone is 1. The molecular formula is C14H15ClO4. The van der Waals surface area contributed by atoms with E-state index in [-0.39, 0.29) is 6.42 Å². The van der Waals surface area contributed by atoms with Crippen LogP contribution in [0.5, 0.6) is 0 Å². The minimum absolute atomic E-state index is 0.0111. The Labute approximate surface area is 117 Å². The summed E-state index contributed by atoms with van der Waals surface area (Å²) in [5.41, 5.74) is 0.941. The number of carbonyl (C=O) groups is 2. The number of ether oxygens (including phenoxy) is 2. The summed E-state index contributed by atoms with van der Waals surface area (Å²) in [6.07, 6.45) is 3.39. The van der Waals surface area contributed by atoms with E-state index in [1.807, 2.05) is 30.3 Å². The van der Waals surface area contributed by atoms with Crippen LogP contribution < -0.4 is 0 Å². The van der Waals surface area contributed by atoms with E-state index in [0.717, 1.165) is 5.56 Å². The average Bonchev–Trinajstić information content (AvgIpc) is 2.46.